The van der Waals surface area contributed by atoms with Crippen LogP contribution in [0.25, 0.3) is 0 Å². The van der Waals surface area contributed by atoms with E-state index in [2.05, 4.69) is 22.0 Å². The van der Waals surface area contributed by atoms with E-state index in [-0.39, 0.29) is 12.6 Å². The first-order valence-electron chi connectivity index (χ1n) is 12.1. The van der Waals surface area contributed by atoms with Crippen LogP contribution in [0.2, 0.25) is 0 Å². The molecule has 7 heteroatoms. The molecule has 3 aliphatic heterocycles. The first-order chi connectivity index (χ1) is 16.2. The van der Waals surface area contributed by atoms with Crippen molar-refractivity contribution in [3.05, 3.63) is 53.8 Å². The van der Waals surface area contributed by atoms with Gasteiger partial charge >= 0.3 is 0 Å². The second-order valence-electron chi connectivity index (χ2n) is 9.17. The molecule has 2 aromatic rings. The molecule has 5 rings (SSSR count). The van der Waals surface area contributed by atoms with E-state index in [4.69, 9.17) is 14.2 Å². The van der Waals surface area contributed by atoms with Gasteiger partial charge in [-0.25, -0.2) is 4.39 Å². The van der Waals surface area contributed by atoms with E-state index in [0.29, 0.717) is 18.4 Å². The molecule has 178 valence electrons. The van der Waals surface area contributed by atoms with Crippen LogP contribution >= 0.6 is 11.8 Å². The van der Waals surface area contributed by atoms with Crippen LogP contribution in [0.3, 0.4) is 0 Å². The van der Waals surface area contributed by atoms with Crippen LogP contribution in [0.15, 0.2) is 42.5 Å². The summed E-state index contributed by atoms with van der Waals surface area (Å²) in [5.41, 5.74) is 1.21. The summed E-state index contributed by atoms with van der Waals surface area (Å²) in [5.74, 6) is 4.07. The number of ether oxygens (including phenoxy) is 3. The number of benzene rings is 2. The van der Waals surface area contributed by atoms with Gasteiger partial charge in [0.2, 0.25) is 6.79 Å². The molecule has 0 amide bonds. The number of hydrogen-bond donors (Lipinski definition) is 1. The monoisotopic (exact) mass is 472 g/mol. The van der Waals surface area contributed by atoms with E-state index in [1.165, 1.54) is 24.2 Å². The molecule has 0 aliphatic carbocycles. The summed E-state index contributed by atoms with van der Waals surface area (Å²) in [6.45, 7) is 6.39. The molecule has 2 saturated heterocycles. The van der Waals surface area contributed by atoms with Crippen molar-refractivity contribution in [3.8, 4) is 17.2 Å². The minimum Gasteiger partial charge on any atom is -0.493 e. The van der Waals surface area contributed by atoms with Crippen molar-refractivity contribution in [2.45, 2.75) is 30.4 Å². The second-order valence-corrected chi connectivity index (χ2v) is 10.6. The number of nitrogens with one attached hydrogen (secondary N) is 1. The number of piperidine rings is 1. The zero-order chi connectivity index (χ0) is 22.5. The Morgan fingerprint density at radius 3 is 2.85 bits per heavy atom. The molecule has 0 spiro atoms. The van der Waals surface area contributed by atoms with Crippen LogP contribution in [-0.2, 0) is 0 Å². The topological polar surface area (TPSA) is 43.0 Å². The van der Waals surface area contributed by atoms with Crippen LogP contribution < -0.4 is 19.5 Å². The van der Waals surface area contributed by atoms with Gasteiger partial charge in [-0.1, -0.05) is 12.1 Å². The summed E-state index contributed by atoms with van der Waals surface area (Å²) < 4.78 is 30.7. The number of likely N-dealkylation sites (tertiary alicyclic amines) is 1. The van der Waals surface area contributed by atoms with Gasteiger partial charge in [0.25, 0.3) is 0 Å². The third-order valence-electron chi connectivity index (χ3n) is 6.93. The lowest BCUT2D eigenvalue weighted by molar-refractivity contribution is 0.109. The minimum absolute atomic E-state index is 0.181. The van der Waals surface area contributed by atoms with Gasteiger partial charge in [0.1, 0.15) is 11.6 Å². The standard InChI is InChI=1S/C26H33FN2O3S/c27-21-5-3-19(4-6-21)24-9-12-29(11-1-2-23-15-28-10-13-33-23)16-20(24)17-30-22-7-8-25-26(14-22)32-18-31-25/h3-8,14,20,23-24,28H,1-2,9-13,15-18H2/t20-,23?,24-/m0/s1. The smallest absolute Gasteiger partial charge is 0.231 e. The highest BCUT2D eigenvalue weighted by Gasteiger charge is 2.31. The summed E-state index contributed by atoms with van der Waals surface area (Å²) in [5, 5.41) is 4.26. The van der Waals surface area contributed by atoms with E-state index in [1.54, 1.807) is 12.1 Å². The lowest BCUT2D eigenvalue weighted by Gasteiger charge is -2.39. The summed E-state index contributed by atoms with van der Waals surface area (Å²) in [4.78, 5) is 2.59. The Morgan fingerprint density at radius 2 is 2.00 bits per heavy atom. The maximum atomic E-state index is 13.5. The molecule has 0 bridgehead atoms. The zero-order valence-electron chi connectivity index (χ0n) is 19.0. The van der Waals surface area contributed by atoms with Crippen molar-refractivity contribution in [3.63, 3.8) is 0 Å². The number of rotatable bonds is 8. The lowest BCUT2D eigenvalue weighted by Crippen LogP contribution is -2.42. The highest BCUT2D eigenvalue weighted by Crippen LogP contribution is 2.37. The SMILES string of the molecule is Fc1ccc([C@@H]2CCN(CCCC3CNCCS3)C[C@H]2COc2ccc3c(c2)OCO3)cc1. The highest BCUT2D eigenvalue weighted by atomic mass is 32.2. The van der Waals surface area contributed by atoms with Gasteiger partial charge in [-0.2, -0.15) is 11.8 Å². The van der Waals surface area contributed by atoms with Crippen molar-refractivity contribution in [2.75, 3.05) is 51.9 Å². The number of fused-ring (bicyclic) bond motifs is 1. The Bertz CT molecular complexity index is 907. The van der Waals surface area contributed by atoms with Gasteiger partial charge < -0.3 is 24.4 Å². The largest absolute Gasteiger partial charge is 0.493 e. The summed E-state index contributed by atoms with van der Waals surface area (Å²) in [6.07, 6.45) is 3.57. The van der Waals surface area contributed by atoms with E-state index in [9.17, 15) is 4.39 Å². The van der Waals surface area contributed by atoms with Crippen LogP contribution in [0.4, 0.5) is 4.39 Å². The van der Waals surface area contributed by atoms with Crippen molar-refractivity contribution in [2.24, 2.45) is 5.92 Å². The molecular formula is C26H33FN2O3S. The van der Waals surface area contributed by atoms with Crippen LogP contribution in [0.5, 0.6) is 17.2 Å². The van der Waals surface area contributed by atoms with Crippen molar-refractivity contribution >= 4 is 11.8 Å². The van der Waals surface area contributed by atoms with E-state index < -0.39 is 0 Å². The molecule has 0 aromatic heterocycles. The molecule has 3 aliphatic rings. The molecule has 2 fully saturated rings. The number of thioether (sulfide) groups is 1. The average Bonchev–Trinajstić information content (AvgIpc) is 3.32. The molecular weight excluding hydrogens is 439 g/mol. The Balaban J connectivity index is 1.21. The van der Waals surface area contributed by atoms with Crippen molar-refractivity contribution < 1.29 is 18.6 Å². The van der Waals surface area contributed by atoms with Gasteiger partial charge in [-0.15, -0.1) is 0 Å². The normalized spacial score (nSPS) is 25.2. The summed E-state index contributed by atoms with van der Waals surface area (Å²) in [6, 6.07) is 12.8. The van der Waals surface area contributed by atoms with Gasteiger partial charge in [-0.3, -0.25) is 0 Å². The van der Waals surface area contributed by atoms with Crippen LogP contribution in [0, 0.1) is 11.7 Å². The van der Waals surface area contributed by atoms with E-state index in [0.717, 1.165) is 61.6 Å². The Kier molecular flexibility index (Phi) is 7.59. The molecule has 2 aromatic carbocycles. The summed E-state index contributed by atoms with van der Waals surface area (Å²) >= 11 is 2.11. The predicted molar refractivity (Wildman–Crippen MR) is 130 cm³/mol. The first kappa shape index (κ1) is 22.8. The van der Waals surface area contributed by atoms with E-state index >= 15 is 0 Å². The fraction of sp³-hybridized carbons (Fsp3) is 0.538. The highest BCUT2D eigenvalue weighted by molar-refractivity contribution is 8.00. The average molecular weight is 473 g/mol. The molecule has 0 saturated carbocycles. The fourth-order valence-corrected chi connectivity index (χ4v) is 6.31. The Hall–Kier alpha value is -1.96. The minimum atomic E-state index is -0.181. The van der Waals surface area contributed by atoms with Crippen molar-refractivity contribution in [1.29, 1.82) is 0 Å². The van der Waals surface area contributed by atoms with E-state index in [1.807, 2.05) is 30.3 Å². The molecule has 3 atom stereocenters. The Labute approximate surface area is 200 Å². The third kappa shape index (κ3) is 5.94. The van der Waals surface area contributed by atoms with Gasteiger partial charge in [-0.05, 0) is 68.1 Å². The van der Waals surface area contributed by atoms with Gasteiger partial charge in [0.15, 0.2) is 11.5 Å². The third-order valence-corrected chi connectivity index (χ3v) is 8.24. The maximum absolute atomic E-state index is 13.5. The van der Waals surface area contributed by atoms with Crippen molar-refractivity contribution in [1.82, 2.24) is 10.2 Å². The lowest BCUT2D eigenvalue weighted by atomic mass is 9.80. The quantitative estimate of drug-likeness (QED) is 0.609. The molecule has 0 radical (unpaired) electrons. The first-order valence-corrected chi connectivity index (χ1v) is 13.1. The predicted octanol–water partition coefficient (Wildman–Crippen LogP) is 4.52. The summed E-state index contributed by atoms with van der Waals surface area (Å²) in [7, 11) is 0. The van der Waals surface area contributed by atoms with Gasteiger partial charge in [0.05, 0.1) is 6.61 Å². The Morgan fingerprint density at radius 1 is 1.12 bits per heavy atom. The molecule has 1 unspecified atom stereocenters. The molecule has 5 nitrogen and oxygen atoms in total. The molecule has 3 heterocycles. The van der Waals surface area contributed by atoms with Crippen LogP contribution in [-0.4, -0.2) is 62.0 Å². The number of nitrogens with zero attached hydrogens (tertiary/aromatic N) is 1. The zero-order valence-corrected chi connectivity index (χ0v) is 19.8. The second kappa shape index (κ2) is 11.0. The molecule has 33 heavy (non-hydrogen) atoms. The molecule has 1 N–H and O–H groups in total. The fourth-order valence-electron chi connectivity index (χ4n) is 5.15. The maximum Gasteiger partial charge on any atom is 0.231 e. The van der Waals surface area contributed by atoms with Crippen LogP contribution in [0.1, 0.15) is 30.7 Å². The number of halogens is 1. The number of hydrogen-bond acceptors (Lipinski definition) is 6. The van der Waals surface area contributed by atoms with Gasteiger partial charge in [0, 0.05) is 42.6 Å².